The highest BCUT2D eigenvalue weighted by Crippen LogP contribution is 2.15. The number of nitrogens with zero attached hydrogens (tertiary/aromatic N) is 1. The number of carbonyl (C=O) groups is 1. The largest absolute Gasteiger partial charge is 0.481 e. The van der Waals surface area contributed by atoms with E-state index in [1.165, 1.54) is 55.5 Å². The Morgan fingerprint density at radius 3 is 2.35 bits per heavy atom. The van der Waals surface area contributed by atoms with Crippen LogP contribution in [0.15, 0.2) is 48.5 Å². The highest BCUT2D eigenvalue weighted by molar-refractivity contribution is 7.80. The first-order valence-electron chi connectivity index (χ1n) is 7.38. The second-order valence-corrected chi connectivity index (χ2v) is 5.49. The second kappa shape index (κ2) is 8.72. The fourth-order valence-electron chi connectivity index (χ4n) is 1.82. The monoisotopic (exact) mass is 378 g/mol. The number of non-ortho nitro benzene ring substituents is 1. The van der Waals surface area contributed by atoms with Gasteiger partial charge in [-0.2, -0.15) is 0 Å². The minimum atomic E-state index is -0.852. The number of anilines is 1. The van der Waals surface area contributed by atoms with Crippen LogP contribution >= 0.6 is 12.2 Å². The van der Waals surface area contributed by atoms with E-state index >= 15 is 0 Å². The van der Waals surface area contributed by atoms with Gasteiger partial charge in [0.1, 0.15) is 11.6 Å². The number of benzene rings is 2. The zero-order valence-corrected chi connectivity index (χ0v) is 14.4. The molecule has 0 aliphatic rings. The van der Waals surface area contributed by atoms with Crippen molar-refractivity contribution in [3.8, 4) is 5.75 Å². The first kappa shape index (κ1) is 19.1. The molecule has 136 valence electrons. The van der Waals surface area contributed by atoms with Crippen molar-refractivity contribution in [2.24, 2.45) is 0 Å². The molecule has 10 heteroatoms. The molecule has 0 aliphatic heterocycles. The summed E-state index contributed by atoms with van der Waals surface area (Å²) >= 11 is 5.02. The summed E-state index contributed by atoms with van der Waals surface area (Å²) in [5.41, 5.74) is 5.32. The van der Waals surface area contributed by atoms with Gasteiger partial charge in [0.25, 0.3) is 11.6 Å². The predicted octanol–water partition coefficient (Wildman–Crippen LogP) is 2.52. The van der Waals surface area contributed by atoms with E-state index in [1.807, 2.05) is 0 Å². The molecule has 26 heavy (non-hydrogen) atoms. The van der Waals surface area contributed by atoms with Crippen LogP contribution in [0.1, 0.15) is 6.92 Å². The summed E-state index contributed by atoms with van der Waals surface area (Å²) in [6.45, 7) is 1.52. The maximum Gasteiger partial charge on any atom is 0.279 e. The number of thiocarbonyl (C=S) groups is 1. The van der Waals surface area contributed by atoms with Crippen LogP contribution in [-0.2, 0) is 4.79 Å². The lowest BCUT2D eigenvalue weighted by Gasteiger charge is -2.16. The Labute approximate surface area is 153 Å². The Hall–Kier alpha value is -3.27. The first-order valence-corrected chi connectivity index (χ1v) is 7.79. The lowest BCUT2D eigenvalue weighted by Crippen LogP contribution is -2.48. The van der Waals surface area contributed by atoms with Gasteiger partial charge in [0.05, 0.1) is 4.92 Å². The summed E-state index contributed by atoms with van der Waals surface area (Å²) in [6.07, 6.45) is -0.852. The fourth-order valence-corrected chi connectivity index (χ4v) is 1.99. The normalized spacial score (nSPS) is 11.2. The summed E-state index contributed by atoms with van der Waals surface area (Å²) in [6, 6.07) is 10.9. The Kier molecular flexibility index (Phi) is 6.39. The van der Waals surface area contributed by atoms with Crippen LogP contribution < -0.4 is 20.9 Å². The third-order valence-electron chi connectivity index (χ3n) is 3.13. The van der Waals surface area contributed by atoms with Crippen LogP contribution in [0, 0.1) is 15.9 Å². The number of hydrazine groups is 1. The molecule has 0 unspecified atom stereocenters. The smallest absolute Gasteiger partial charge is 0.279 e. The van der Waals surface area contributed by atoms with Crippen LogP contribution in [0.25, 0.3) is 0 Å². The zero-order chi connectivity index (χ0) is 19.1. The minimum Gasteiger partial charge on any atom is -0.481 e. The molecule has 0 heterocycles. The highest BCUT2D eigenvalue weighted by Gasteiger charge is 2.15. The van der Waals surface area contributed by atoms with Crippen LogP contribution in [0.3, 0.4) is 0 Å². The number of amides is 1. The van der Waals surface area contributed by atoms with Gasteiger partial charge in [-0.1, -0.05) is 0 Å². The number of nitro benzene ring substituents is 1. The Morgan fingerprint density at radius 2 is 1.77 bits per heavy atom. The molecule has 0 bridgehead atoms. The Morgan fingerprint density at radius 1 is 1.15 bits per heavy atom. The summed E-state index contributed by atoms with van der Waals surface area (Å²) in [7, 11) is 0. The van der Waals surface area contributed by atoms with Gasteiger partial charge in [0.2, 0.25) is 0 Å². The number of carbonyl (C=O) groups excluding carboxylic acids is 1. The van der Waals surface area contributed by atoms with Crippen LogP contribution in [0.5, 0.6) is 5.75 Å². The van der Waals surface area contributed by atoms with Crippen molar-refractivity contribution in [1.29, 1.82) is 0 Å². The number of hydrogen-bond donors (Lipinski definition) is 3. The van der Waals surface area contributed by atoms with E-state index in [0.717, 1.165) is 0 Å². The van der Waals surface area contributed by atoms with E-state index in [2.05, 4.69) is 16.2 Å². The molecule has 0 saturated heterocycles. The molecule has 0 fully saturated rings. The number of ether oxygens (including phenoxy) is 1. The summed E-state index contributed by atoms with van der Waals surface area (Å²) in [5.74, 6) is -0.554. The van der Waals surface area contributed by atoms with Gasteiger partial charge in [-0.3, -0.25) is 25.8 Å². The molecule has 2 aromatic carbocycles. The van der Waals surface area contributed by atoms with E-state index in [-0.39, 0.29) is 10.8 Å². The quantitative estimate of drug-likeness (QED) is 0.417. The van der Waals surface area contributed by atoms with Gasteiger partial charge in [-0.05, 0) is 55.5 Å². The maximum atomic E-state index is 12.8. The van der Waals surface area contributed by atoms with Gasteiger partial charge in [0.15, 0.2) is 11.2 Å². The minimum absolute atomic E-state index is 0.0468. The molecule has 3 N–H and O–H groups in total. The lowest BCUT2D eigenvalue weighted by atomic mass is 10.3. The highest BCUT2D eigenvalue weighted by atomic mass is 32.1. The number of halogens is 1. The SMILES string of the molecule is C[C@@H](Oc1ccc(F)cc1)C(=O)NNC(=S)Nc1ccc([N+](=O)[O-])cc1. The molecule has 0 aromatic heterocycles. The van der Waals surface area contributed by atoms with Crippen molar-refractivity contribution in [1.82, 2.24) is 10.9 Å². The molecule has 1 atom stereocenters. The van der Waals surface area contributed by atoms with Crippen molar-refractivity contribution in [3.05, 3.63) is 64.5 Å². The Balaban J connectivity index is 1.79. The molecule has 8 nitrogen and oxygen atoms in total. The average molecular weight is 378 g/mol. The third-order valence-corrected chi connectivity index (χ3v) is 3.34. The lowest BCUT2D eigenvalue weighted by molar-refractivity contribution is -0.384. The van der Waals surface area contributed by atoms with Crippen molar-refractivity contribution in [2.75, 3.05) is 5.32 Å². The summed E-state index contributed by atoms with van der Waals surface area (Å²) < 4.78 is 18.2. The molecule has 0 aliphatic carbocycles. The second-order valence-electron chi connectivity index (χ2n) is 5.09. The van der Waals surface area contributed by atoms with Gasteiger partial charge in [-0.15, -0.1) is 0 Å². The summed E-state index contributed by atoms with van der Waals surface area (Å²) in [4.78, 5) is 22.0. The van der Waals surface area contributed by atoms with E-state index in [9.17, 15) is 19.3 Å². The first-order chi connectivity index (χ1) is 12.3. The summed E-state index contributed by atoms with van der Waals surface area (Å²) in [5, 5.41) is 13.4. The van der Waals surface area contributed by atoms with E-state index < -0.39 is 22.8 Å². The van der Waals surface area contributed by atoms with Gasteiger partial charge in [-0.25, -0.2) is 4.39 Å². The molecule has 0 radical (unpaired) electrons. The molecule has 1 amide bonds. The average Bonchev–Trinajstić information content (AvgIpc) is 2.62. The number of nitro groups is 1. The number of nitrogens with one attached hydrogen (secondary N) is 3. The van der Waals surface area contributed by atoms with E-state index in [4.69, 9.17) is 17.0 Å². The van der Waals surface area contributed by atoms with Crippen LogP contribution in [-0.4, -0.2) is 22.0 Å². The van der Waals surface area contributed by atoms with Crippen molar-refractivity contribution < 1.29 is 18.8 Å². The molecule has 0 spiro atoms. The topological polar surface area (TPSA) is 106 Å². The maximum absolute atomic E-state index is 12.8. The van der Waals surface area contributed by atoms with E-state index in [1.54, 1.807) is 0 Å². The Bertz CT molecular complexity index is 799. The van der Waals surface area contributed by atoms with Gasteiger partial charge in [0, 0.05) is 17.8 Å². The number of rotatable bonds is 5. The zero-order valence-electron chi connectivity index (χ0n) is 13.6. The van der Waals surface area contributed by atoms with Crippen molar-refractivity contribution >= 4 is 34.6 Å². The standard InChI is InChI=1S/C16H15FN4O4S/c1-10(25-14-8-2-11(17)3-9-14)15(22)19-20-16(26)18-12-4-6-13(7-5-12)21(23)24/h2-10H,1H3,(H,19,22)(H2,18,20,26)/t10-/m1/s1. The molecular formula is C16H15FN4O4S. The van der Waals surface area contributed by atoms with Crippen molar-refractivity contribution in [2.45, 2.75) is 13.0 Å². The molecule has 2 rings (SSSR count). The fraction of sp³-hybridized carbons (Fsp3) is 0.125. The van der Waals surface area contributed by atoms with Gasteiger partial charge < -0.3 is 10.1 Å². The number of hydrogen-bond acceptors (Lipinski definition) is 5. The molecule has 0 saturated carbocycles. The van der Waals surface area contributed by atoms with Crippen molar-refractivity contribution in [3.63, 3.8) is 0 Å². The van der Waals surface area contributed by atoms with E-state index in [0.29, 0.717) is 11.4 Å². The molecular weight excluding hydrogens is 363 g/mol. The van der Waals surface area contributed by atoms with Gasteiger partial charge >= 0.3 is 0 Å². The third kappa shape index (κ3) is 5.67. The predicted molar refractivity (Wildman–Crippen MR) is 97.1 cm³/mol. The van der Waals surface area contributed by atoms with Crippen LogP contribution in [0.2, 0.25) is 0 Å². The molecule has 2 aromatic rings. The van der Waals surface area contributed by atoms with Crippen LogP contribution in [0.4, 0.5) is 15.8 Å².